The summed E-state index contributed by atoms with van der Waals surface area (Å²) in [5, 5.41) is 15.1. The van der Waals surface area contributed by atoms with Gasteiger partial charge in [0.05, 0.1) is 21.4 Å². The number of methoxy groups -OCH3 is 2. The molecule has 0 unspecified atom stereocenters. The summed E-state index contributed by atoms with van der Waals surface area (Å²) in [5.41, 5.74) is 0.735. The number of nitrogens with one attached hydrogen (secondary N) is 2. The predicted molar refractivity (Wildman–Crippen MR) is 151 cm³/mol. The molecule has 0 radical (unpaired) electrons. The summed E-state index contributed by atoms with van der Waals surface area (Å²) >= 11 is 4.11. The van der Waals surface area contributed by atoms with Gasteiger partial charge in [-0.1, -0.05) is 12.1 Å². The van der Waals surface area contributed by atoms with E-state index in [1.54, 1.807) is 52.1 Å². The number of ether oxygens (including phenoxy) is 3. The van der Waals surface area contributed by atoms with Gasteiger partial charge in [-0.15, -0.1) is 0 Å². The average Bonchev–Trinajstić information content (AvgIpc) is 2.78. The van der Waals surface area contributed by atoms with Crippen LogP contribution in [0.2, 0.25) is 0 Å². The predicted octanol–water partition coefficient (Wildman–Crippen LogP) is 3.95. The van der Waals surface area contributed by atoms with E-state index in [2.05, 4.69) is 33.2 Å². The Balaban J connectivity index is 2.28. The molecule has 0 saturated heterocycles. The fraction of sp³-hybridized carbons (Fsp3) is 0.400. The van der Waals surface area contributed by atoms with Gasteiger partial charge in [0.2, 0.25) is 5.91 Å². The quantitative estimate of drug-likeness (QED) is 0.265. The molecular formula is C25H30I2N2O7. The number of alkyl carbamates (subject to hydrolysis) is 1. The van der Waals surface area contributed by atoms with Crippen molar-refractivity contribution in [2.75, 3.05) is 14.2 Å². The van der Waals surface area contributed by atoms with E-state index in [0.717, 1.165) is 9.13 Å². The molecule has 0 aliphatic heterocycles. The van der Waals surface area contributed by atoms with Gasteiger partial charge >= 0.3 is 12.1 Å². The van der Waals surface area contributed by atoms with Crippen molar-refractivity contribution in [2.24, 2.45) is 0 Å². The van der Waals surface area contributed by atoms with Crippen LogP contribution in [-0.4, -0.2) is 55.0 Å². The van der Waals surface area contributed by atoms with E-state index in [-0.39, 0.29) is 18.6 Å². The normalized spacial score (nSPS) is 12.8. The molecular weight excluding hydrogens is 694 g/mol. The number of carbonyl (C=O) groups is 3. The molecule has 2 aromatic rings. The number of hydrogen-bond donors (Lipinski definition) is 3. The van der Waals surface area contributed by atoms with E-state index in [9.17, 15) is 19.5 Å². The van der Waals surface area contributed by atoms with E-state index >= 15 is 0 Å². The van der Waals surface area contributed by atoms with Crippen LogP contribution in [0.3, 0.4) is 0 Å². The van der Waals surface area contributed by atoms with E-state index in [1.807, 2.05) is 28.7 Å². The summed E-state index contributed by atoms with van der Waals surface area (Å²) in [6.45, 7) is 5.17. The number of phenolic OH excluding ortho intramolecular Hbond substituents is 1. The second kappa shape index (κ2) is 13.3. The summed E-state index contributed by atoms with van der Waals surface area (Å²) in [6, 6.07) is 8.29. The van der Waals surface area contributed by atoms with Crippen LogP contribution in [0.1, 0.15) is 31.9 Å². The van der Waals surface area contributed by atoms with E-state index in [0.29, 0.717) is 14.9 Å². The third kappa shape index (κ3) is 9.30. The minimum Gasteiger partial charge on any atom is -0.507 e. The Hall–Kier alpha value is -2.29. The van der Waals surface area contributed by atoms with Crippen molar-refractivity contribution in [3.05, 3.63) is 54.7 Å². The third-order valence-corrected chi connectivity index (χ3v) is 6.62. The van der Waals surface area contributed by atoms with Crippen LogP contribution in [0.4, 0.5) is 4.79 Å². The lowest BCUT2D eigenvalue weighted by Crippen LogP contribution is -2.53. The van der Waals surface area contributed by atoms with Gasteiger partial charge in [0, 0.05) is 12.8 Å². The Labute approximate surface area is 237 Å². The Morgan fingerprint density at radius 1 is 0.917 bits per heavy atom. The lowest BCUT2D eigenvalue weighted by Gasteiger charge is -2.25. The average molecular weight is 724 g/mol. The second-order valence-corrected chi connectivity index (χ2v) is 11.3. The Morgan fingerprint density at radius 3 is 2.03 bits per heavy atom. The van der Waals surface area contributed by atoms with Crippen LogP contribution in [0, 0.1) is 7.14 Å². The largest absolute Gasteiger partial charge is 0.507 e. The molecule has 0 saturated carbocycles. The van der Waals surface area contributed by atoms with Gasteiger partial charge in [0.25, 0.3) is 0 Å². The summed E-state index contributed by atoms with van der Waals surface area (Å²) < 4.78 is 17.0. The molecule has 0 spiro atoms. The number of phenols is 1. The van der Waals surface area contributed by atoms with Crippen molar-refractivity contribution in [2.45, 2.75) is 51.3 Å². The van der Waals surface area contributed by atoms with Crippen LogP contribution in [0.25, 0.3) is 0 Å². The number of halogens is 2. The Morgan fingerprint density at radius 2 is 1.50 bits per heavy atom. The maximum atomic E-state index is 13.3. The summed E-state index contributed by atoms with van der Waals surface area (Å²) in [7, 11) is 2.80. The molecule has 0 fully saturated rings. The minimum atomic E-state index is -1.03. The zero-order valence-electron chi connectivity index (χ0n) is 20.7. The first kappa shape index (κ1) is 29.9. The molecule has 196 valence electrons. The highest BCUT2D eigenvalue weighted by molar-refractivity contribution is 14.1. The molecule has 0 aliphatic carbocycles. The molecule has 0 aromatic heterocycles. The number of hydrogen-bond acceptors (Lipinski definition) is 7. The molecule has 0 aliphatic rings. The molecule has 36 heavy (non-hydrogen) atoms. The first-order valence-corrected chi connectivity index (χ1v) is 13.2. The maximum absolute atomic E-state index is 13.3. The molecule has 2 atom stereocenters. The molecule has 2 rings (SSSR count). The van der Waals surface area contributed by atoms with Gasteiger partial charge in [-0.3, -0.25) is 4.79 Å². The van der Waals surface area contributed by atoms with Crippen LogP contribution in [0.15, 0.2) is 36.4 Å². The minimum absolute atomic E-state index is 0.119. The Kier molecular flexibility index (Phi) is 11.1. The van der Waals surface area contributed by atoms with Gasteiger partial charge in [-0.2, -0.15) is 0 Å². The lowest BCUT2D eigenvalue weighted by molar-refractivity contribution is -0.145. The van der Waals surface area contributed by atoms with Crippen LogP contribution >= 0.6 is 45.2 Å². The van der Waals surface area contributed by atoms with Crippen LogP contribution < -0.4 is 15.4 Å². The molecule has 9 nitrogen and oxygen atoms in total. The summed E-state index contributed by atoms with van der Waals surface area (Å²) in [5.74, 6) is -0.402. The second-order valence-electron chi connectivity index (χ2n) is 8.95. The van der Waals surface area contributed by atoms with E-state index < -0.39 is 35.7 Å². The fourth-order valence-electron chi connectivity index (χ4n) is 3.25. The molecule has 3 N–H and O–H groups in total. The first-order chi connectivity index (χ1) is 16.8. The highest BCUT2D eigenvalue weighted by atomic mass is 127. The first-order valence-electron chi connectivity index (χ1n) is 11.0. The van der Waals surface area contributed by atoms with Crippen molar-refractivity contribution in [3.63, 3.8) is 0 Å². The van der Waals surface area contributed by atoms with Crippen molar-refractivity contribution >= 4 is 63.2 Å². The molecule has 11 heteroatoms. The number of aromatic hydroxyl groups is 1. The van der Waals surface area contributed by atoms with Crippen molar-refractivity contribution in [3.8, 4) is 11.5 Å². The van der Waals surface area contributed by atoms with Gasteiger partial charge in [0.1, 0.15) is 29.2 Å². The standard InChI is InChI=1S/C25H30I2N2O7/c1-25(2,3)36-24(33)29-18(12-15-7-9-21(34-4)17(27)11-15)22(31)28-19(23(32)35-5)13-14-6-8-20(30)16(26)10-14/h6-11,18-19,30H,12-13H2,1-5H3,(H,28,31)(H,29,33)/t18-,19-/m0/s1. The number of amides is 2. The smallest absolute Gasteiger partial charge is 0.408 e. The Bertz CT molecular complexity index is 1100. The van der Waals surface area contributed by atoms with Gasteiger partial charge in [0.15, 0.2) is 0 Å². The van der Waals surface area contributed by atoms with Crippen molar-refractivity contribution in [1.29, 1.82) is 0 Å². The zero-order chi connectivity index (χ0) is 27.0. The lowest BCUT2D eigenvalue weighted by atomic mass is 10.0. The SMILES string of the molecule is COC(=O)[C@H](Cc1ccc(O)c(I)c1)NC(=O)[C@H](Cc1ccc(OC)c(I)c1)NC(=O)OC(C)(C)C. The van der Waals surface area contributed by atoms with Gasteiger partial charge in [-0.25, -0.2) is 9.59 Å². The topological polar surface area (TPSA) is 123 Å². The highest BCUT2D eigenvalue weighted by Gasteiger charge is 2.29. The number of benzene rings is 2. The number of esters is 1. The van der Waals surface area contributed by atoms with Gasteiger partial charge in [-0.05, 0) is 101 Å². The molecule has 2 amide bonds. The molecule has 0 heterocycles. The highest BCUT2D eigenvalue weighted by Crippen LogP contribution is 2.23. The number of carbonyl (C=O) groups excluding carboxylic acids is 3. The van der Waals surface area contributed by atoms with Crippen LogP contribution in [0.5, 0.6) is 11.5 Å². The zero-order valence-corrected chi connectivity index (χ0v) is 25.0. The van der Waals surface area contributed by atoms with Crippen molar-refractivity contribution < 1.29 is 33.7 Å². The summed E-state index contributed by atoms with van der Waals surface area (Å²) in [4.78, 5) is 38.4. The number of rotatable bonds is 9. The molecule has 2 aromatic carbocycles. The maximum Gasteiger partial charge on any atom is 0.408 e. The molecule has 0 bridgehead atoms. The van der Waals surface area contributed by atoms with E-state index in [4.69, 9.17) is 14.2 Å². The van der Waals surface area contributed by atoms with Gasteiger partial charge < -0.3 is 30.0 Å². The monoisotopic (exact) mass is 724 g/mol. The van der Waals surface area contributed by atoms with Crippen LogP contribution in [-0.2, 0) is 31.9 Å². The van der Waals surface area contributed by atoms with E-state index in [1.165, 1.54) is 13.2 Å². The third-order valence-electron chi connectivity index (χ3n) is 4.92. The fourth-order valence-corrected chi connectivity index (χ4v) is 4.63. The summed E-state index contributed by atoms with van der Waals surface area (Å²) in [6.07, 6.45) is -0.474. The van der Waals surface area contributed by atoms with Crippen molar-refractivity contribution in [1.82, 2.24) is 10.6 Å².